The molecule has 9 heteroatoms. The van der Waals surface area contributed by atoms with E-state index < -0.39 is 29.5 Å². The fourth-order valence-corrected chi connectivity index (χ4v) is 2.83. The molecule has 4 amide bonds. The Hall–Kier alpha value is -3.28. The average molecular weight is 371 g/mol. The quantitative estimate of drug-likeness (QED) is 0.537. The van der Waals surface area contributed by atoms with E-state index in [4.69, 9.17) is 6.42 Å². The highest BCUT2D eigenvalue weighted by Crippen LogP contribution is 2.36. The van der Waals surface area contributed by atoms with E-state index >= 15 is 0 Å². The number of nitrogens with one attached hydrogen (secondary N) is 2. The van der Waals surface area contributed by atoms with E-state index in [1.807, 2.05) is 0 Å². The number of terminal acetylenes is 1. The van der Waals surface area contributed by atoms with Crippen LogP contribution in [0.3, 0.4) is 0 Å². The number of carbonyl (C=O) groups is 3. The van der Waals surface area contributed by atoms with Crippen LogP contribution in [0.25, 0.3) is 0 Å². The molecule has 1 saturated heterocycles. The molecule has 2 N–H and O–H groups in total. The number of hydrogen-bond acceptors (Lipinski definition) is 5. The first-order chi connectivity index (χ1) is 12.9. The number of hydrogen-bond donors (Lipinski definition) is 2. The zero-order valence-electron chi connectivity index (χ0n) is 14.4. The molecule has 2 heterocycles. The summed E-state index contributed by atoms with van der Waals surface area (Å²) in [5, 5.41) is 13.1. The summed E-state index contributed by atoms with van der Waals surface area (Å²) in [4.78, 5) is 37.4. The number of amides is 4. The van der Waals surface area contributed by atoms with E-state index in [2.05, 4.69) is 26.8 Å². The van der Waals surface area contributed by atoms with Gasteiger partial charge >= 0.3 is 6.03 Å². The van der Waals surface area contributed by atoms with E-state index in [9.17, 15) is 18.8 Å². The molecule has 1 aromatic rings. The molecule has 8 nitrogen and oxygen atoms in total. The third kappa shape index (κ3) is 4.28. The number of benzene rings is 1. The first-order valence-corrected chi connectivity index (χ1v) is 8.48. The van der Waals surface area contributed by atoms with Crippen molar-refractivity contribution in [2.45, 2.75) is 37.4 Å². The second-order valence-corrected chi connectivity index (χ2v) is 6.34. The zero-order chi connectivity index (χ0) is 19.4. The molecule has 140 valence electrons. The van der Waals surface area contributed by atoms with Gasteiger partial charge in [-0.2, -0.15) is 10.2 Å². The van der Waals surface area contributed by atoms with Crippen molar-refractivity contribution in [2.75, 3.05) is 11.4 Å². The van der Waals surface area contributed by atoms with Crippen molar-refractivity contribution < 1.29 is 18.8 Å². The number of urea groups is 1. The van der Waals surface area contributed by atoms with Gasteiger partial charge in [-0.1, -0.05) is 0 Å². The third-order valence-electron chi connectivity index (χ3n) is 4.39. The highest BCUT2D eigenvalue weighted by atomic mass is 19.1. The van der Waals surface area contributed by atoms with Gasteiger partial charge in [0.25, 0.3) is 5.91 Å². The molecule has 2 aliphatic rings. The summed E-state index contributed by atoms with van der Waals surface area (Å²) in [5.41, 5.74) is -0.245. The minimum absolute atomic E-state index is 0.187. The molecule has 1 atom stereocenters. The molecule has 1 aromatic carbocycles. The Bertz CT molecular complexity index is 824. The topological polar surface area (TPSA) is 103 Å². The average Bonchev–Trinajstić information content (AvgIpc) is 3.35. The Labute approximate surface area is 155 Å². The van der Waals surface area contributed by atoms with Gasteiger partial charge in [-0.25, -0.2) is 14.1 Å². The standard InChI is InChI=1S/C18H18FN5O3/c1-2-3-8-18(22-23-18)9-10-20-15(25)11-14-16(26)24(17(27)21-14)13-6-4-12(19)5-7-13/h1,4-7,14H,3,8-11H2,(H,20,25)(H,21,27). The molecule has 1 unspecified atom stereocenters. The smallest absolute Gasteiger partial charge is 0.329 e. The molecule has 1 fully saturated rings. The summed E-state index contributed by atoms with van der Waals surface area (Å²) in [5.74, 6) is 1.13. The Balaban J connectivity index is 1.48. The summed E-state index contributed by atoms with van der Waals surface area (Å²) in [6.45, 7) is 0.340. The van der Waals surface area contributed by atoms with Crippen LogP contribution >= 0.6 is 0 Å². The van der Waals surface area contributed by atoms with Crippen LogP contribution in [0, 0.1) is 18.2 Å². The summed E-state index contributed by atoms with van der Waals surface area (Å²) in [6, 6.07) is 3.35. The molecule has 0 aromatic heterocycles. The second-order valence-electron chi connectivity index (χ2n) is 6.34. The van der Waals surface area contributed by atoms with Crippen LogP contribution in [0.15, 0.2) is 34.5 Å². The molecule has 0 spiro atoms. The molecule has 0 bridgehead atoms. The van der Waals surface area contributed by atoms with Crippen molar-refractivity contribution in [1.29, 1.82) is 0 Å². The van der Waals surface area contributed by atoms with Crippen molar-refractivity contribution in [1.82, 2.24) is 10.6 Å². The van der Waals surface area contributed by atoms with Crippen LogP contribution in [0.5, 0.6) is 0 Å². The third-order valence-corrected chi connectivity index (χ3v) is 4.39. The van der Waals surface area contributed by atoms with Gasteiger partial charge in [0.2, 0.25) is 5.91 Å². The van der Waals surface area contributed by atoms with Crippen molar-refractivity contribution in [3.05, 3.63) is 30.1 Å². The minimum Gasteiger partial charge on any atom is -0.356 e. The van der Waals surface area contributed by atoms with Crippen LogP contribution in [0.4, 0.5) is 14.9 Å². The van der Waals surface area contributed by atoms with Gasteiger partial charge < -0.3 is 10.6 Å². The maximum atomic E-state index is 13.0. The van der Waals surface area contributed by atoms with Crippen LogP contribution in [0.1, 0.15) is 25.7 Å². The Morgan fingerprint density at radius 2 is 2.00 bits per heavy atom. The Morgan fingerprint density at radius 1 is 1.30 bits per heavy atom. The van der Waals surface area contributed by atoms with Crippen LogP contribution < -0.4 is 15.5 Å². The van der Waals surface area contributed by atoms with E-state index in [0.29, 0.717) is 25.8 Å². The van der Waals surface area contributed by atoms with Crippen molar-refractivity contribution >= 4 is 23.5 Å². The highest BCUT2D eigenvalue weighted by molar-refractivity contribution is 6.22. The van der Waals surface area contributed by atoms with E-state index in [1.54, 1.807) is 0 Å². The van der Waals surface area contributed by atoms with Gasteiger partial charge in [-0.05, 0) is 24.3 Å². The Morgan fingerprint density at radius 3 is 2.63 bits per heavy atom. The van der Waals surface area contributed by atoms with E-state index in [1.165, 1.54) is 12.1 Å². The SMILES string of the molecule is C#CCCC1(CCNC(=O)CC2NC(=O)N(c3ccc(F)cc3)C2=O)N=N1. The van der Waals surface area contributed by atoms with Gasteiger partial charge in [0.1, 0.15) is 11.9 Å². The monoisotopic (exact) mass is 371 g/mol. The lowest BCUT2D eigenvalue weighted by molar-refractivity contribution is -0.125. The molecule has 2 aliphatic heterocycles. The lowest BCUT2D eigenvalue weighted by atomic mass is 10.0. The van der Waals surface area contributed by atoms with E-state index in [-0.39, 0.29) is 18.0 Å². The lowest BCUT2D eigenvalue weighted by Crippen LogP contribution is -2.37. The van der Waals surface area contributed by atoms with Crippen molar-refractivity contribution in [2.24, 2.45) is 10.2 Å². The molecule has 27 heavy (non-hydrogen) atoms. The maximum absolute atomic E-state index is 13.0. The number of anilines is 1. The second kappa shape index (κ2) is 7.53. The molecular weight excluding hydrogens is 353 g/mol. The van der Waals surface area contributed by atoms with Gasteiger partial charge in [0.15, 0.2) is 5.66 Å². The summed E-state index contributed by atoms with van der Waals surface area (Å²) < 4.78 is 13.0. The summed E-state index contributed by atoms with van der Waals surface area (Å²) in [6.07, 6.45) is 6.77. The minimum atomic E-state index is -0.965. The predicted octanol–water partition coefficient (Wildman–Crippen LogP) is 1.72. The number of carbonyl (C=O) groups excluding carboxylic acids is 3. The van der Waals surface area contributed by atoms with Gasteiger partial charge in [0.05, 0.1) is 12.1 Å². The summed E-state index contributed by atoms with van der Waals surface area (Å²) >= 11 is 0. The van der Waals surface area contributed by atoms with Gasteiger partial charge in [0, 0.05) is 25.8 Å². The lowest BCUT2D eigenvalue weighted by Gasteiger charge is -2.13. The normalized spacial score (nSPS) is 19.6. The van der Waals surface area contributed by atoms with Crippen LogP contribution in [-0.4, -0.2) is 36.1 Å². The maximum Gasteiger partial charge on any atom is 0.329 e. The van der Waals surface area contributed by atoms with Crippen LogP contribution in [-0.2, 0) is 9.59 Å². The largest absolute Gasteiger partial charge is 0.356 e. The molecule has 0 saturated carbocycles. The number of imide groups is 1. The zero-order valence-corrected chi connectivity index (χ0v) is 14.4. The Kier molecular flexibility index (Phi) is 5.16. The first-order valence-electron chi connectivity index (χ1n) is 8.48. The predicted molar refractivity (Wildman–Crippen MR) is 94.1 cm³/mol. The molecule has 3 rings (SSSR count). The van der Waals surface area contributed by atoms with Gasteiger partial charge in [-0.15, -0.1) is 12.3 Å². The number of halogens is 1. The van der Waals surface area contributed by atoms with Crippen molar-refractivity contribution in [3.63, 3.8) is 0 Å². The van der Waals surface area contributed by atoms with Gasteiger partial charge in [-0.3, -0.25) is 9.59 Å². The molecule has 0 aliphatic carbocycles. The van der Waals surface area contributed by atoms with E-state index in [0.717, 1.165) is 17.0 Å². The summed E-state index contributed by atoms with van der Waals surface area (Å²) in [7, 11) is 0. The fraction of sp³-hybridized carbons (Fsp3) is 0.389. The molecule has 0 radical (unpaired) electrons. The van der Waals surface area contributed by atoms with Crippen LogP contribution in [0.2, 0.25) is 0 Å². The van der Waals surface area contributed by atoms with Crippen molar-refractivity contribution in [3.8, 4) is 12.3 Å². The highest BCUT2D eigenvalue weighted by Gasteiger charge is 2.41. The first kappa shape index (κ1) is 18.5. The number of nitrogens with zero attached hydrogens (tertiary/aromatic N) is 3. The number of rotatable bonds is 8. The fourth-order valence-electron chi connectivity index (χ4n) is 2.83. The molecular formula is C18H18FN5O3.